The molecule has 2 rings (SSSR count). The molecule has 0 heterocycles. The lowest BCUT2D eigenvalue weighted by Crippen LogP contribution is -2.05. The SMILES string of the molecule is OCc1ccc(C2CCCCC2)c(Br)c1. The minimum atomic E-state index is 0.129. The molecule has 1 N–H and O–H groups in total. The maximum atomic E-state index is 9.04. The molecule has 1 saturated carbocycles. The highest BCUT2D eigenvalue weighted by Crippen LogP contribution is 2.36. The van der Waals surface area contributed by atoms with Gasteiger partial charge in [0.25, 0.3) is 0 Å². The van der Waals surface area contributed by atoms with E-state index in [1.807, 2.05) is 12.1 Å². The van der Waals surface area contributed by atoms with E-state index in [0.29, 0.717) is 0 Å². The monoisotopic (exact) mass is 268 g/mol. The standard InChI is InChI=1S/C13H17BrO/c14-13-8-10(9-15)6-7-12(13)11-4-2-1-3-5-11/h6-8,11,15H,1-5,9H2. The highest BCUT2D eigenvalue weighted by molar-refractivity contribution is 9.10. The summed E-state index contributed by atoms with van der Waals surface area (Å²) in [4.78, 5) is 0. The van der Waals surface area contributed by atoms with E-state index in [2.05, 4.69) is 22.0 Å². The van der Waals surface area contributed by atoms with Crippen LogP contribution < -0.4 is 0 Å². The van der Waals surface area contributed by atoms with E-state index < -0.39 is 0 Å². The van der Waals surface area contributed by atoms with Crippen LogP contribution in [0.4, 0.5) is 0 Å². The van der Waals surface area contributed by atoms with Crippen molar-refractivity contribution in [3.8, 4) is 0 Å². The van der Waals surface area contributed by atoms with Crippen molar-refractivity contribution in [1.82, 2.24) is 0 Å². The van der Waals surface area contributed by atoms with Gasteiger partial charge >= 0.3 is 0 Å². The van der Waals surface area contributed by atoms with Crippen molar-refractivity contribution in [2.45, 2.75) is 44.6 Å². The van der Waals surface area contributed by atoms with Gasteiger partial charge in [0.05, 0.1) is 6.61 Å². The zero-order chi connectivity index (χ0) is 10.7. The van der Waals surface area contributed by atoms with Crippen LogP contribution in [-0.2, 0) is 6.61 Å². The van der Waals surface area contributed by atoms with Crippen LogP contribution in [0, 0.1) is 0 Å². The van der Waals surface area contributed by atoms with Gasteiger partial charge in [0, 0.05) is 4.47 Å². The fourth-order valence-corrected chi connectivity index (χ4v) is 3.16. The van der Waals surface area contributed by atoms with Crippen molar-refractivity contribution in [3.05, 3.63) is 33.8 Å². The Balaban J connectivity index is 2.19. The Morgan fingerprint density at radius 2 is 1.93 bits per heavy atom. The van der Waals surface area contributed by atoms with E-state index in [4.69, 9.17) is 5.11 Å². The van der Waals surface area contributed by atoms with Crippen molar-refractivity contribution in [1.29, 1.82) is 0 Å². The van der Waals surface area contributed by atoms with Crippen LogP contribution in [0.25, 0.3) is 0 Å². The quantitative estimate of drug-likeness (QED) is 0.860. The van der Waals surface area contributed by atoms with Crippen LogP contribution in [0.5, 0.6) is 0 Å². The average Bonchev–Trinajstić information content (AvgIpc) is 2.30. The number of aliphatic hydroxyl groups excluding tert-OH is 1. The molecule has 0 amide bonds. The van der Waals surface area contributed by atoms with E-state index in [-0.39, 0.29) is 6.61 Å². The zero-order valence-electron chi connectivity index (χ0n) is 8.88. The summed E-state index contributed by atoms with van der Waals surface area (Å²) in [7, 11) is 0. The van der Waals surface area contributed by atoms with Gasteiger partial charge in [-0.1, -0.05) is 47.3 Å². The summed E-state index contributed by atoms with van der Waals surface area (Å²) in [6.07, 6.45) is 6.74. The Morgan fingerprint density at radius 1 is 1.20 bits per heavy atom. The summed E-state index contributed by atoms with van der Waals surface area (Å²) < 4.78 is 1.17. The minimum Gasteiger partial charge on any atom is -0.392 e. The van der Waals surface area contributed by atoms with Gasteiger partial charge in [0.2, 0.25) is 0 Å². The number of benzene rings is 1. The van der Waals surface area contributed by atoms with Gasteiger partial charge in [-0.15, -0.1) is 0 Å². The smallest absolute Gasteiger partial charge is 0.0682 e. The summed E-state index contributed by atoms with van der Waals surface area (Å²) >= 11 is 3.61. The lowest BCUT2D eigenvalue weighted by Gasteiger charge is -2.23. The Bertz CT molecular complexity index is 329. The van der Waals surface area contributed by atoms with Crippen LogP contribution >= 0.6 is 15.9 Å². The molecule has 1 aliphatic carbocycles. The fourth-order valence-electron chi connectivity index (χ4n) is 2.41. The van der Waals surface area contributed by atoms with Crippen molar-refractivity contribution in [2.75, 3.05) is 0 Å². The first-order chi connectivity index (χ1) is 7.31. The molecule has 0 unspecified atom stereocenters. The third kappa shape index (κ3) is 2.61. The van der Waals surface area contributed by atoms with Gasteiger partial charge in [-0.25, -0.2) is 0 Å². The molecule has 82 valence electrons. The van der Waals surface area contributed by atoms with Crippen molar-refractivity contribution in [2.24, 2.45) is 0 Å². The summed E-state index contributed by atoms with van der Waals surface area (Å²) in [5.74, 6) is 0.723. The average molecular weight is 269 g/mol. The molecular weight excluding hydrogens is 252 g/mol. The molecule has 0 radical (unpaired) electrons. The number of hydrogen-bond acceptors (Lipinski definition) is 1. The topological polar surface area (TPSA) is 20.2 Å². The molecule has 0 bridgehead atoms. The van der Waals surface area contributed by atoms with Crippen molar-refractivity contribution < 1.29 is 5.11 Å². The van der Waals surface area contributed by atoms with Gasteiger partial charge in [0.15, 0.2) is 0 Å². The lowest BCUT2D eigenvalue weighted by atomic mass is 9.84. The van der Waals surface area contributed by atoms with E-state index in [1.54, 1.807) is 0 Å². The molecule has 1 nitrogen and oxygen atoms in total. The second-order valence-corrected chi connectivity index (χ2v) is 5.20. The number of aliphatic hydroxyl groups is 1. The molecule has 2 heteroatoms. The Morgan fingerprint density at radius 3 is 2.53 bits per heavy atom. The molecule has 0 aliphatic heterocycles. The van der Waals surface area contributed by atoms with E-state index in [0.717, 1.165) is 11.5 Å². The Hall–Kier alpha value is -0.340. The fraction of sp³-hybridized carbons (Fsp3) is 0.538. The first kappa shape index (κ1) is 11.2. The van der Waals surface area contributed by atoms with Gasteiger partial charge in [-0.2, -0.15) is 0 Å². The molecule has 0 spiro atoms. The minimum absolute atomic E-state index is 0.129. The summed E-state index contributed by atoms with van der Waals surface area (Å²) in [5.41, 5.74) is 2.41. The second-order valence-electron chi connectivity index (χ2n) is 4.35. The van der Waals surface area contributed by atoms with E-state index in [9.17, 15) is 0 Å². The zero-order valence-corrected chi connectivity index (χ0v) is 10.5. The Labute approximate surface area is 99.6 Å². The predicted molar refractivity (Wildman–Crippen MR) is 65.9 cm³/mol. The maximum absolute atomic E-state index is 9.04. The van der Waals surface area contributed by atoms with Gasteiger partial charge in [-0.05, 0) is 36.0 Å². The number of hydrogen-bond donors (Lipinski definition) is 1. The van der Waals surface area contributed by atoms with Crippen molar-refractivity contribution in [3.63, 3.8) is 0 Å². The van der Waals surface area contributed by atoms with E-state index >= 15 is 0 Å². The first-order valence-electron chi connectivity index (χ1n) is 5.70. The highest BCUT2D eigenvalue weighted by atomic mass is 79.9. The predicted octanol–water partition coefficient (Wildman–Crippen LogP) is 3.99. The van der Waals surface area contributed by atoms with E-state index in [1.165, 1.54) is 42.1 Å². The molecule has 0 atom stereocenters. The van der Waals surface area contributed by atoms with Gasteiger partial charge in [0.1, 0.15) is 0 Å². The van der Waals surface area contributed by atoms with Gasteiger partial charge < -0.3 is 5.11 Å². The van der Waals surface area contributed by atoms with Crippen molar-refractivity contribution >= 4 is 15.9 Å². The third-order valence-corrected chi connectivity index (χ3v) is 3.98. The molecule has 0 saturated heterocycles. The first-order valence-corrected chi connectivity index (χ1v) is 6.49. The van der Waals surface area contributed by atoms with Crippen LogP contribution in [0.15, 0.2) is 22.7 Å². The molecule has 0 aromatic heterocycles. The van der Waals surface area contributed by atoms with Crippen LogP contribution in [0.1, 0.15) is 49.1 Å². The molecular formula is C13H17BrO. The van der Waals surface area contributed by atoms with Crippen LogP contribution in [-0.4, -0.2) is 5.11 Å². The Kier molecular flexibility index (Phi) is 3.81. The number of rotatable bonds is 2. The largest absolute Gasteiger partial charge is 0.392 e. The lowest BCUT2D eigenvalue weighted by molar-refractivity contribution is 0.281. The molecule has 15 heavy (non-hydrogen) atoms. The summed E-state index contributed by atoms with van der Waals surface area (Å²) in [6.45, 7) is 0.129. The summed E-state index contributed by atoms with van der Waals surface area (Å²) in [6, 6.07) is 6.25. The maximum Gasteiger partial charge on any atom is 0.0682 e. The molecule has 1 fully saturated rings. The normalized spacial score (nSPS) is 18.0. The molecule has 1 aromatic rings. The van der Waals surface area contributed by atoms with Crippen LogP contribution in [0.2, 0.25) is 0 Å². The third-order valence-electron chi connectivity index (χ3n) is 3.29. The highest BCUT2D eigenvalue weighted by Gasteiger charge is 2.17. The molecule has 1 aliphatic rings. The number of halogens is 1. The second kappa shape index (κ2) is 5.13. The van der Waals surface area contributed by atoms with Gasteiger partial charge in [-0.3, -0.25) is 0 Å². The van der Waals surface area contributed by atoms with Crippen LogP contribution in [0.3, 0.4) is 0 Å². The molecule has 1 aromatic carbocycles. The summed E-state index contributed by atoms with van der Waals surface area (Å²) in [5, 5.41) is 9.04.